The Morgan fingerprint density at radius 3 is 1.37 bits per heavy atom. The second-order valence-electron chi connectivity index (χ2n) is 25.9. The molecule has 0 atom stereocenters. The summed E-state index contributed by atoms with van der Waals surface area (Å²) in [5, 5.41) is 0. The first-order valence-corrected chi connectivity index (χ1v) is 33.7. The van der Waals surface area contributed by atoms with Crippen LogP contribution < -0.4 is 31.3 Å². The van der Waals surface area contributed by atoms with Gasteiger partial charge in [-0.15, -0.1) is 0 Å². The smallest absolute Gasteiger partial charge is 0.330 e. The van der Waals surface area contributed by atoms with E-state index in [1.807, 2.05) is 171 Å². The number of likely N-dealkylation sites (N-methyl/N-ethyl adjacent to an activating group) is 1. The highest BCUT2D eigenvalue weighted by molar-refractivity contribution is 5.76. The molecule has 0 bridgehead atoms. The lowest BCUT2D eigenvalue weighted by molar-refractivity contribution is 0.261. The highest BCUT2D eigenvalue weighted by atomic mass is 16.5. The second-order valence-corrected chi connectivity index (χ2v) is 25.9. The zero-order valence-electron chi connectivity index (χ0n) is 58.4. The molecule has 2 N–H and O–H groups in total. The topological polar surface area (TPSA) is 241 Å². The van der Waals surface area contributed by atoms with Crippen molar-refractivity contribution >= 4 is 33.5 Å². The second kappa shape index (κ2) is 31.3. The summed E-state index contributed by atoms with van der Waals surface area (Å²) in [4.78, 5) is 82.9. The van der Waals surface area contributed by atoms with Gasteiger partial charge in [-0.25, -0.2) is 49.3 Å². The molecule has 14 aromatic rings. The van der Waals surface area contributed by atoms with Crippen LogP contribution in [0.5, 0.6) is 17.2 Å². The molecule has 0 amide bonds. The quantitative estimate of drug-likeness (QED) is 0.0641. The van der Waals surface area contributed by atoms with Gasteiger partial charge in [-0.1, -0.05) is 157 Å². The summed E-state index contributed by atoms with van der Waals surface area (Å²) in [5.41, 5.74) is 14.3. The first kappa shape index (κ1) is 69.0. The number of nitrogens with zero attached hydrogens (tertiary/aromatic N) is 14. The fourth-order valence-corrected chi connectivity index (χ4v) is 11.9. The summed E-state index contributed by atoms with van der Waals surface area (Å²) >= 11 is 0. The van der Waals surface area contributed by atoms with Crippen molar-refractivity contribution in [2.75, 3.05) is 27.2 Å². The maximum Gasteiger partial charge on any atom is 0.330 e. The normalized spacial score (nSPS) is 11.4. The maximum atomic E-state index is 13.1. The fourth-order valence-electron chi connectivity index (χ4n) is 11.9. The van der Waals surface area contributed by atoms with Crippen LogP contribution in [0.3, 0.4) is 0 Å². The fraction of sp³-hybridized carbons (Fsp3) is 0.253. The van der Waals surface area contributed by atoms with Crippen molar-refractivity contribution in [1.82, 2.24) is 77.6 Å². The Labute approximate surface area is 584 Å². The van der Waals surface area contributed by atoms with Crippen molar-refractivity contribution in [2.45, 2.75) is 92.1 Å². The molecule has 0 aliphatic heterocycles. The van der Waals surface area contributed by atoms with Gasteiger partial charge in [-0.05, 0) is 114 Å². The zero-order chi connectivity index (χ0) is 70.7. The number of nitrogens with one attached hydrogen (secondary N) is 2. The molecule has 0 radical (unpaired) electrons. The van der Waals surface area contributed by atoms with Crippen LogP contribution in [0.1, 0.15) is 104 Å². The van der Waals surface area contributed by atoms with Crippen molar-refractivity contribution in [3.63, 3.8) is 0 Å². The van der Waals surface area contributed by atoms with Gasteiger partial charge >= 0.3 is 17.1 Å². The number of hydrogen-bond acceptors (Lipinski definition) is 15. The Hall–Kier alpha value is -11.9. The number of H-pyrrole nitrogens is 2. The highest BCUT2D eigenvalue weighted by Crippen LogP contribution is 2.31. The summed E-state index contributed by atoms with van der Waals surface area (Å²) in [6.07, 6.45) is 10.4. The number of benzene rings is 6. The number of imidazole rings is 4. The van der Waals surface area contributed by atoms with Crippen molar-refractivity contribution in [2.24, 2.45) is 14.1 Å². The number of hydrogen-bond donors (Lipinski definition) is 2. The lowest BCUT2D eigenvalue weighted by Gasteiger charge is -2.12. The van der Waals surface area contributed by atoms with E-state index < -0.39 is 0 Å². The van der Waals surface area contributed by atoms with E-state index in [0.717, 1.165) is 68.6 Å². The summed E-state index contributed by atoms with van der Waals surface area (Å²) < 4.78 is 26.2. The minimum atomic E-state index is -0.224. The van der Waals surface area contributed by atoms with Crippen molar-refractivity contribution in [3.8, 4) is 51.4 Å². The van der Waals surface area contributed by atoms with Crippen LogP contribution in [0.2, 0.25) is 0 Å². The third-order valence-corrected chi connectivity index (χ3v) is 17.3. The molecule has 0 spiro atoms. The molecule has 22 heteroatoms. The molecule has 14 rings (SSSR count). The van der Waals surface area contributed by atoms with Gasteiger partial charge in [0.15, 0.2) is 34.4 Å². The van der Waals surface area contributed by atoms with Crippen LogP contribution >= 0.6 is 0 Å². The highest BCUT2D eigenvalue weighted by Gasteiger charge is 2.20. The van der Waals surface area contributed by atoms with Gasteiger partial charge in [0.05, 0.1) is 62.1 Å². The Balaban J connectivity index is 0.000000143. The molecular formula is C79H82N16O6. The van der Waals surface area contributed by atoms with Crippen LogP contribution in [0.15, 0.2) is 215 Å². The van der Waals surface area contributed by atoms with Crippen molar-refractivity contribution < 1.29 is 14.2 Å². The van der Waals surface area contributed by atoms with Gasteiger partial charge in [-0.2, -0.15) is 0 Å². The monoisotopic (exact) mass is 1350 g/mol. The number of pyridine rings is 1. The number of aromatic nitrogens is 15. The Morgan fingerprint density at radius 1 is 0.465 bits per heavy atom. The maximum absolute atomic E-state index is 13.1. The van der Waals surface area contributed by atoms with Crippen molar-refractivity contribution in [3.05, 3.63) is 277 Å². The number of fused-ring (bicyclic) bond motifs is 3. The van der Waals surface area contributed by atoms with Crippen LogP contribution in [0.25, 0.3) is 67.7 Å². The van der Waals surface area contributed by atoms with Crippen LogP contribution in [-0.4, -0.2) is 105 Å². The van der Waals surface area contributed by atoms with E-state index in [4.69, 9.17) is 29.2 Å². The Kier molecular flexibility index (Phi) is 21.4. The first-order chi connectivity index (χ1) is 48.9. The van der Waals surface area contributed by atoms with Gasteiger partial charge in [0.25, 0.3) is 0 Å². The van der Waals surface area contributed by atoms with E-state index in [-0.39, 0.29) is 17.1 Å². The molecule has 6 aromatic carbocycles. The lowest BCUT2D eigenvalue weighted by Crippen LogP contribution is -2.22. The van der Waals surface area contributed by atoms with E-state index >= 15 is 0 Å². The summed E-state index contributed by atoms with van der Waals surface area (Å²) in [5.74, 6) is 5.10. The SMILES string of the molecule is CC(C)c1ccccc1-c1ncc2[nH]c(=O)n(Cc3cccc(OCCN(C)C)c3)c2n1.CC(C)c1ccccc1-c1ncc2[nH]c(=O)n(Cc3cccc(OCc4ccccn4)c3)c2n1.CC(C)c1ccccc1-c1ncc2c(n1)n(Cc1cccc(OCc3cncn3C)c1)c(=O)n2C. The van der Waals surface area contributed by atoms with Gasteiger partial charge in [0, 0.05) is 43.5 Å². The summed E-state index contributed by atoms with van der Waals surface area (Å²) in [7, 11) is 7.71. The molecule has 8 aromatic heterocycles. The van der Waals surface area contributed by atoms with Gasteiger partial charge in [0.2, 0.25) is 0 Å². The molecule has 0 fully saturated rings. The molecule has 22 nitrogen and oxygen atoms in total. The van der Waals surface area contributed by atoms with Gasteiger partial charge < -0.3 is 33.6 Å². The minimum Gasteiger partial charge on any atom is -0.492 e. The molecule has 0 aliphatic carbocycles. The third-order valence-electron chi connectivity index (χ3n) is 17.3. The molecule has 101 heavy (non-hydrogen) atoms. The molecular weight excluding hydrogens is 1270 g/mol. The van der Waals surface area contributed by atoms with E-state index in [2.05, 4.69) is 99.5 Å². The molecule has 8 heterocycles. The molecule has 0 unspecified atom stereocenters. The van der Waals surface area contributed by atoms with Crippen molar-refractivity contribution in [1.29, 1.82) is 0 Å². The van der Waals surface area contributed by atoms with E-state index in [1.165, 1.54) is 16.7 Å². The van der Waals surface area contributed by atoms with Crippen LogP contribution in [0, 0.1) is 0 Å². The Bertz CT molecular complexity index is 5370. The van der Waals surface area contributed by atoms with E-state index in [0.29, 0.717) is 108 Å². The third kappa shape index (κ3) is 16.3. The lowest BCUT2D eigenvalue weighted by atomic mass is 9.97. The van der Waals surface area contributed by atoms with Gasteiger partial charge in [0.1, 0.15) is 53.6 Å². The zero-order valence-corrected chi connectivity index (χ0v) is 58.4. The van der Waals surface area contributed by atoms with E-state index in [1.54, 1.807) is 62.6 Å². The minimum absolute atomic E-state index is 0.134. The number of rotatable bonds is 22. The number of aromatic amines is 2. The average Bonchev–Trinajstić information content (AvgIpc) is 1.65. The number of ether oxygens (including phenoxy) is 3. The summed E-state index contributed by atoms with van der Waals surface area (Å²) in [6.45, 7) is 16.3. The molecule has 0 aliphatic rings. The van der Waals surface area contributed by atoms with Gasteiger partial charge in [-0.3, -0.25) is 23.3 Å². The average molecular weight is 1350 g/mol. The molecule has 0 saturated carbocycles. The van der Waals surface area contributed by atoms with Crippen LogP contribution in [-0.2, 0) is 46.9 Å². The Morgan fingerprint density at radius 2 is 0.911 bits per heavy atom. The first-order valence-electron chi connectivity index (χ1n) is 33.7. The predicted octanol–water partition coefficient (Wildman–Crippen LogP) is 13.1. The predicted molar refractivity (Wildman–Crippen MR) is 394 cm³/mol. The van der Waals surface area contributed by atoms with Crippen LogP contribution in [0.4, 0.5) is 0 Å². The summed E-state index contributed by atoms with van der Waals surface area (Å²) in [6, 6.07) is 53.5. The number of aryl methyl sites for hydroxylation is 2. The largest absolute Gasteiger partial charge is 0.492 e. The molecule has 0 saturated heterocycles. The van der Waals surface area contributed by atoms with E-state index in [9.17, 15) is 14.4 Å². The standard InChI is InChI=1S/C27H28N6O2.C27H25N5O2.C25H29N5O2/c1-18(2)22-10-5-6-11-23(22)25-29-14-24-26(30-25)33(27(34)32(24)4)15-19-8-7-9-21(12-19)35-16-20-13-28-17-31(20)3;1-18(2)22-11-3-4-12-23(22)25-29-15-24-26(31-25)32(27(33)30-24)16-19-8-7-10-21(14-19)34-17-20-9-5-6-13-28-20;1-17(2)20-10-5-6-11-21(20)23-26-15-22-24(28-23)30(25(31)27-22)16-18-8-7-9-19(14-18)32-13-12-29(3)4/h5-14,17-18H,15-16H2,1-4H3;3-15,18H,16-17H2,1-2H3,(H,30,33);5-11,14-15,17H,12-13,16H2,1-4H3,(H,27,31). The molecule has 514 valence electrons.